The van der Waals surface area contributed by atoms with Gasteiger partial charge in [0.15, 0.2) is 0 Å². The fourth-order valence-electron chi connectivity index (χ4n) is 2.13. The summed E-state index contributed by atoms with van der Waals surface area (Å²) < 4.78 is 5.84. The van der Waals surface area contributed by atoms with E-state index in [2.05, 4.69) is 36.7 Å². The summed E-state index contributed by atoms with van der Waals surface area (Å²) in [7, 11) is 0. The van der Waals surface area contributed by atoms with E-state index in [4.69, 9.17) is 16.1 Å². The van der Waals surface area contributed by atoms with Crippen molar-refractivity contribution in [2.45, 2.75) is 18.9 Å². The highest BCUT2D eigenvalue weighted by molar-refractivity contribution is 9.10. The Bertz CT molecular complexity index is 670. The van der Waals surface area contributed by atoms with Crippen LogP contribution in [0.25, 0.3) is 0 Å². The van der Waals surface area contributed by atoms with Gasteiger partial charge in [0.2, 0.25) is 5.89 Å². The average Bonchev–Trinajstić information content (AvgIpc) is 3.12. The lowest BCUT2D eigenvalue weighted by Gasteiger charge is -2.04. The molecule has 1 aliphatic rings. The van der Waals surface area contributed by atoms with Crippen molar-refractivity contribution in [3.8, 4) is 0 Å². The van der Waals surface area contributed by atoms with E-state index in [1.54, 1.807) is 18.2 Å². The van der Waals surface area contributed by atoms with Gasteiger partial charge in [-0.1, -0.05) is 16.8 Å². The molecule has 0 saturated carbocycles. The van der Waals surface area contributed by atoms with Crippen LogP contribution in [-0.2, 0) is 0 Å². The van der Waals surface area contributed by atoms with Crippen LogP contribution in [0.3, 0.4) is 0 Å². The van der Waals surface area contributed by atoms with E-state index in [0.29, 0.717) is 21.1 Å². The van der Waals surface area contributed by atoms with E-state index in [9.17, 15) is 4.79 Å². The highest BCUT2D eigenvalue weighted by atomic mass is 79.9. The van der Waals surface area contributed by atoms with Crippen LogP contribution in [0, 0.1) is 0 Å². The zero-order valence-electron chi connectivity index (χ0n) is 10.9. The Kier molecular flexibility index (Phi) is 4.23. The molecule has 8 heteroatoms. The molecule has 0 radical (unpaired) electrons. The van der Waals surface area contributed by atoms with Gasteiger partial charge in [0, 0.05) is 10.2 Å². The molecule has 110 valence electrons. The van der Waals surface area contributed by atoms with Gasteiger partial charge >= 0.3 is 0 Å². The van der Waals surface area contributed by atoms with Crippen LogP contribution >= 0.6 is 27.5 Å². The van der Waals surface area contributed by atoms with E-state index >= 15 is 0 Å². The summed E-state index contributed by atoms with van der Waals surface area (Å²) in [5.41, 5.74) is 0.599. The predicted octanol–water partition coefficient (Wildman–Crippen LogP) is 3.16. The number of anilines is 1. The van der Waals surface area contributed by atoms with Gasteiger partial charge in [-0.2, -0.15) is 4.98 Å². The zero-order chi connectivity index (χ0) is 14.8. The molecule has 2 N–H and O–H groups in total. The maximum absolute atomic E-state index is 12.1. The molecule has 1 atom stereocenters. The number of hydrogen-bond acceptors (Lipinski definition) is 5. The third-order valence-corrected chi connectivity index (χ3v) is 4.39. The standard InChI is InChI=1S/C13H12BrClN4O2/c14-8-6-7(3-4-9(8)15)17-12(20)11-18-13(21-19-11)10-2-1-5-16-10/h3-4,6,10,16H,1-2,5H2,(H,17,20). The summed E-state index contributed by atoms with van der Waals surface area (Å²) in [6.07, 6.45) is 2.00. The van der Waals surface area contributed by atoms with Crippen LogP contribution in [0.5, 0.6) is 0 Å². The van der Waals surface area contributed by atoms with E-state index in [1.807, 2.05) is 0 Å². The highest BCUT2D eigenvalue weighted by Gasteiger charge is 2.24. The van der Waals surface area contributed by atoms with Gasteiger partial charge in [0.05, 0.1) is 11.1 Å². The number of carbonyl (C=O) groups is 1. The van der Waals surface area contributed by atoms with Gasteiger partial charge in [0.1, 0.15) is 0 Å². The third-order valence-electron chi connectivity index (χ3n) is 3.18. The van der Waals surface area contributed by atoms with Crippen LogP contribution in [0.15, 0.2) is 27.2 Å². The second-order valence-corrected chi connectivity index (χ2v) is 5.95. The summed E-state index contributed by atoms with van der Waals surface area (Å²) in [5.74, 6) is 0.0527. The van der Waals surface area contributed by atoms with Gasteiger partial charge in [-0.15, -0.1) is 0 Å². The minimum Gasteiger partial charge on any atom is -0.337 e. The molecule has 2 heterocycles. The first-order chi connectivity index (χ1) is 10.1. The van der Waals surface area contributed by atoms with Gasteiger partial charge in [-0.3, -0.25) is 4.79 Å². The van der Waals surface area contributed by atoms with Crippen LogP contribution in [0.4, 0.5) is 5.69 Å². The van der Waals surface area contributed by atoms with Gasteiger partial charge in [-0.05, 0) is 53.5 Å². The fraction of sp³-hybridized carbons (Fsp3) is 0.308. The van der Waals surface area contributed by atoms with Crippen molar-refractivity contribution < 1.29 is 9.32 Å². The first kappa shape index (κ1) is 14.5. The van der Waals surface area contributed by atoms with E-state index < -0.39 is 5.91 Å². The van der Waals surface area contributed by atoms with Crippen LogP contribution in [0.1, 0.15) is 35.4 Å². The molecule has 1 saturated heterocycles. The maximum Gasteiger partial charge on any atom is 0.297 e. The topological polar surface area (TPSA) is 80.0 Å². The van der Waals surface area contributed by atoms with Gasteiger partial charge < -0.3 is 15.2 Å². The summed E-state index contributed by atoms with van der Waals surface area (Å²) in [6, 6.07) is 5.14. The molecule has 21 heavy (non-hydrogen) atoms. The molecular formula is C13H12BrClN4O2. The summed E-state index contributed by atoms with van der Waals surface area (Å²) in [6.45, 7) is 0.924. The minimum atomic E-state index is -0.419. The number of aromatic nitrogens is 2. The molecule has 0 bridgehead atoms. The van der Waals surface area contributed by atoms with Gasteiger partial charge in [-0.25, -0.2) is 0 Å². The van der Waals surface area contributed by atoms with E-state index in [-0.39, 0.29) is 11.9 Å². The predicted molar refractivity (Wildman–Crippen MR) is 81.4 cm³/mol. The maximum atomic E-state index is 12.1. The SMILES string of the molecule is O=C(Nc1ccc(Cl)c(Br)c1)c1noc(C2CCCN2)n1. The smallest absolute Gasteiger partial charge is 0.297 e. The monoisotopic (exact) mass is 370 g/mol. The first-order valence-electron chi connectivity index (χ1n) is 6.47. The molecule has 1 fully saturated rings. The number of amides is 1. The Labute approximate surface area is 134 Å². The second kappa shape index (κ2) is 6.13. The first-order valence-corrected chi connectivity index (χ1v) is 7.64. The van der Waals surface area contributed by atoms with Crippen molar-refractivity contribution in [1.29, 1.82) is 0 Å². The van der Waals surface area contributed by atoms with Crippen LogP contribution < -0.4 is 10.6 Å². The lowest BCUT2D eigenvalue weighted by atomic mass is 10.2. The number of hydrogen-bond donors (Lipinski definition) is 2. The fourth-order valence-corrected chi connectivity index (χ4v) is 2.62. The highest BCUT2D eigenvalue weighted by Crippen LogP contribution is 2.26. The molecule has 1 aliphatic heterocycles. The van der Waals surface area contributed by atoms with Crippen molar-refractivity contribution in [2.75, 3.05) is 11.9 Å². The molecule has 2 aromatic rings. The molecule has 1 amide bonds. The summed E-state index contributed by atoms with van der Waals surface area (Å²) in [5, 5.41) is 10.2. The number of nitrogens with zero attached hydrogens (tertiary/aromatic N) is 2. The van der Waals surface area contributed by atoms with E-state index in [0.717, 1.165) is 19.4 Å². The van der Waals surface area contributed by atoms with Crippen molar-refractivity contribution in [1.82, 2.24) is 15.5 Å². The van der Waals surface area contributed by atoms with Gasteiger partial charge in [0.25, 0.3) is 11.7 Å². The minimum absolute atomic E-state index is 0.0183. The molecular weight excluding hydrogens is 360 g/mol. The summed E-state index contributed by atoms with van der Waals surface area (Å²) in [4.78, 5) is 16.2. The Morgan fingerprint density at radius 2 is 2.38 bits per heavy atom. The molecule has 1 aromatic carbocycles. The largest absolute Gasteiger partial charge is 0.337 e. The Morgan fingerprint density at radius 3 is 3.10 bits per heavy atom. The Hall–Kier alpha value is -1.44. The van der Waals surface area contributed by atoms with E-state index in [1.165, 1.54) is 0 Å². The molecule has 1 aromatic heterocycles. The molecule has 3 rings (SSSR count). The average molecular weight is 372 g/mol. The Morgan fingerprint density at radius 1 is 1.52 bits per heavy atom. The Balaban J connectivity index is 1.71. The number of carbonyl (C=O) groups excluding carboxylic acids is 1. The number of nitrogens with one attached hydrogen (secondary N) is 2. The lowest BCUT2D eigenvalue weighted by Crippen LogP contribution is -2.15. The van der Waals surface area contributed by atoms with Crippen LogP contribution in [0.2, 0.25) is 5.02 Å². The number of rotatable bonds is 3. The van der Waals surface area contributed by atoms with Crippen molar-refractivity contribution >= 4 is 39.1 Å². The molecule has 0 aliphatic carbocycles. The summed E-state index contributed by atoms with van der Waals surface area (Å²) >= 11 is 9.20. The lowest BCUT2D eigenvalue weighted by molar-refractivity contribution is 0.101. The van der Waals surface area contributed by atoms with Crippen molar-refractivity contribution in [3.63, 3.8) is 0 Å². The zero-order valence-corrected chi connectivity index (χ0v) is 13.2. The molecule has 1 unspecified atom stereocenters. The van der Waals surface area contributed by atoms with Crippen molar-refractivity contribution in [2.24, 2.45) is 0 Å². The quantitative estimate of drug-likeness (QED) is 0.866. The number of benzene rings is 1. The second-order valence-electron chi connectivity index (χ2n) is 4.69. The third kappa shape index (κ3) is 3.25. The molecule has 6 nitrogen and oxygen atoms in total. The van der Waals surface area contributed by atoms with Crippen LogP contribution in [-0.4, -0.2) is 22.6 Å². The van der Waals surface area contributed by atoms with Crippen molar-refractivity contribution in [3.05, 3.63) is 39.4 Å². The normalized spacial score (nSPS) is 17.9. The molecule has 0 spiro atoms. The number of halogens is 2.